The predicted molar refractivity (Wildman–Crippen MR) is 96.4 cm³/mol. The van der Waals surface area contributed by atoms with Crippen molar-refractivity contribution in [1.29, 1.82) is 0 Å². The Morgan fingerprint density at radius 3 is 2.73 bits per heavy atom. The van der Waals surface area contributed by atoms with Gasteiger partial charge in [0.05, 0.1) is 23.3 Å². The third-order valence-electron chi connectivity index (χ3n) is 3.28. The summed E-state index contributed by atoms with van der Waals surface area (Å²) in [4.78, 5) is 4.61. The van der Waals surface area contributed by atoms with Crippen molar-refractivity contribution in [3.05, 3.63) is 69.3 Å². The average Bonchev–Trinajstić information content (AvgIpc) is 2.53. The molecule has 1 heterocycles. The lowest BCUT2D eigenvalue weighted by atomic mass is 10.1. The number of aromatic nitrogens is 1. The number of ether oxygens (including phenoxy) is 1. The van der Waals surface area contributed by atoms with E-state index >= 15 is 0 Å². The molecule has 0 fully saturated rings. The number of methoxy groups -OCH3 is 1. The number of fused-ring (bicyclic) bond motifs is 1. The molecule has 0 bridgehead atoms. The highest BCUT2D eigenvalue weighted by Gasteiger charge is 2.04. The van der Waals surface area contributed by atoms with Gasteiger partial charge in [0, 0.05) is 9.86 Å². The lowest BCUT2D eigenvalue weighted by molar-refractivity contribution is 0.415. The smallest absolute Gasteiger partial charge is 0.119 e. The Labute approximate surface area is 142 Å². The van der Waals surface area contributed by atoms with Gasteiger partial charge in [0.25, 0.3) is 0 Å². The van der Waals surface area contributed by atoms with Gasteiger partial charge in [0.15, 0.2) is 0 Å². The van der Waals surface area contributed by atoms with Gasteiger partial charge in [0.1, 0.15) is 5.75 Å². The van der Waals surface area contributed by atoms with Crippen LogP contribution in [-0.2, 0) is 0 Å². The van der Waals surface area contributed by atoms with E-state index in [0.717, 1.165) is 32.4 Å². The van der Waals surface area contributed by atoms with Crippen molar-refractivity contribution in [2.75, 3.05) is 7.11 Å². The maximum Gasteiger partial charge on any atom is 0.119 e. The number of pyridine rings is 1. The van der Waals surface area contributed by atoms with E-state index in [1.54, 1.807) is 7.11 Å². The molecule has 0 atom stereocenters. The molecular formula is C18H13BrClNO. The van der Waals surface area contributed by atoms with Gasteiger partial charge in [-0.3, -0.25) is 0 Å². The highest BCUT2D eigenvalue weighted by Crippen LogP contribution is 2.27. The summed E-state index contributed by atoms with van der Waals surface area (Å²) in [5.41, 5.74) is 2.77. The second-order valence-corrected chi connectivity index (χ2v) is 6.12. The molecule has 1 aromatic heterocycles. The molecule has 0 N–H and O–H groups in total. The maximum absolute atomic E-state index is 6.36. The van der Waals surface area contributed by atoms with Gasteiger partial charge >= 0.3 is 0 Å². The van der Waals surface area contributed by atoms with Crippen LogP contribution in [0.15, 0.2) is 53.0 Å². The normalized spacial score (nSPS) is 11.2. The minimum absolute atomic E-state index is 0.665. The summed E-state index contributed by atoms with van der Waals surface area (Å²) in [5.74, 6) is 0.772. The molecule has 4 heteroatoms. The zero-order chi connectivity index (χ0) is 15.5. The predicted octanol–water partition coefficient (Wildman–Crippen LogP) is 5.83. The first-order valence-electron chi connectivity index (χ1n) is 6.73. The van der Waals surface area contributed by atoms with E-state index in [9.17, 15) is 0 Å². The summed E-state index contributed by atoms with van der Waals surface area (Å²) in [6.45, 7) is 0. The maximum atomic E-state index is 6.36. The molecule has 0 spiro atoms. The molecular weight excluding hydrogens is 362 g/mol. The van der Waals surface area contributed by atoms with Gasteiger partial charge in [-0.25, -0.2) is 4.98 Å². The number of rotatable bonds is 3. The Balaban J connectivity index is 1.98. The highest BCUT2D eigenvalue weighted by molar-refractivity contribution is 9.10. The van der Waals surface area contributed by atoms with E-state index in [0.29, 0.717) is 5.02 Å². The molecule has 0 radical (unpaired) electrons. The first-order valence-corrected chi connectivity index (χ1v) is 7.91. The minimum atomic E-state index is 0.665. The minimum Gasteiger partial charge on any atom is -0.497 e. The topological polar surface area (TPSA) is 22.1 Å². The van der Waals surface area contributed by atoms with E-state index in [-0.39, 0.29) is 0 Å². The lowest BCUT2D eigenvalue weighted by Gasteiger charge is -2.05. The third-order valence-corrected chi connectivity index (χ3v) is 4.09. The summed E-state index contributed by atoms with van der Waals surface area (Å²) < 4.78 is 6.27. The molecule has 3 aromatic rings. The molecule has 0 aliphatic heterocycles. The van der Waals surface area contributed by atoms with Crippen LogP contribution < -0.4 is 4.74 Å². The van der Waals surface area contributed by atoms with Crippen LogP contribution in [0.2, 0.25) is 5.02 Å². The summed E-state index contributed by atoms with van der Waals surface area (Å²) in [6.07, 6.45) is 3.97. The molecule has 0 aliphatic carbocycles. The van der Waals surface area contributed by atoms with Gasteiger partial charge in [-0.1, -0.05) is 45.7 Å². The van der Waals surface area contributed by atoms with Crippen LogP contribution in [0.25, 0.3) is 23.1 Å². The quantitative estimate of drug-likeness (QED) is 0.575. The van der Waals surface area contributed by atoms with Crippen LogP contribution in [0, 0.1) is 0 Å². The fourth-order valence-electron chi connectivity index (χ4n) is 2.19. The first-order chi connectivity index (χ1) is 10.7. The second-order valence-electron chi connectivity index (χ2n) is 4.80. The van der Waals surface area contributed by atoms with Crippen molar-refractivity contribution in [2.24, 2.45) is 0 Å². The van der Waals surface area contributed by atoms with Crippen LogP contribution >= 0.6 is 27.5 Å². The van der Waals surface area contributed by atoms with Crippen LogP contribution in [-0.4, -0.2) is 12.1 Å². The van der Waals surface area contributed by atoms with E-state index in [4.69, 9.17) is 16.3 Å². The van der Waals surface area contributed by atoms with Crippen molar-refractivity contribution in [3.8, 4) is 5.75 Å². The van der Waals surface area contributed by atoms with Crippen LogP contribution in [0.1, 0.15) is 11.3 Å². The van der Waals surface area contributed by atoms with Gasteiger partial charge in [-0.2, -0.15) is 0 Å². The molecule has 22 heavy (non-hydrogen) atoms. The van der Waals surface area contributed by atoms with Crippen molar-refractivity contribution >= 4 is 50.6 Å². The molecule has 110 valence electrons. The Hall–Kier alpha value is -1.84. The van der Waals surface area contributed by atoms with Gasteiger partial charge in [-0.05, 0) is 48.0 Å². The molecule has 0 saturated heterocycles. The zero-order valence-corrected chi connectivity index (χ0v) is 14.2. The van der Waals surface area contributed by atoms with E-state index in [2.05, 4.69) is 20.9 Å². The molecule has 0 aliphatic rings. The number of halogens is 2. The van der Waals surface area contributed by atoms with Crippen LogP contribution in [0.3, 0.4) is 0 Å². The number of hydrogen-bond donors (Lipinski definition) is 0. The van der Waals surface area contributed by atoms with Crippen LogP contribution in [0.5, 0.6) is 5.75 Å². The monoisotopic (exact) mass is 373 g/mol. The molecule has 2 nitrogen and oxygen atoms in total. The van der Waals surface area contributed by atoms with Gasteiger partial charge in [-0.15, -0.1) is 0 Å². The Bertz CT molecular complexity index is 861. The Kier molecular flexibility index (Phi) is 4.46. The lowest BCUT2D eigenvalue weighted by Crippen LogP contribution is -1.87. The third kappa shape index (κ3) is 3.32. The van der Waals surface area contributed by atoms with E-state index < -0.39 is 0 Å². The van der Waals surface area contributed by atoms with Gasteiger partial charge < -0.3 is 4.74 Å². The molecule has 0 unspecified atom stereocenters. The standard InChI is InChI=1S/C18H13BrClNO/c1-22-15-7-8-18-16(11-15)17(20)10-14(21-18)6-5-12-3-2-4-13(19)9-12/h2-11H,1H3. The number of benzene rings is 2. The molecule has 2 aromatic carbocycles. The van der Waals surface area contributed by atoms with Gasteiger partial charge in [0.2, 0.25) is 0 Å². The Morgan fingerprint density at radius 1 is 1.09 bits per heavy atom. The largest absolute Gasteiger partial charge is 0.497 e. The number of nitrogens with zero attached hydrogens (tertiary/aromatic N) is 1. The zero-order valence-electron chi connectivity index (χ0n) is 11.9. The fourth-order valence-corrected chi connectivity index (χ4v) is 2.87. The summed E-state index contributed by atoms with van der Waals surface area (Å²) >= 11 is 9.82. The molecule has 0 saturated carbocycles. The van der Waals surface area contributed by atoms with Crippen molar-refractivity contribution < 1.29 is 4.74 Å². The summed E-state index contributed by atoms with van der Waals surface area (Å²) in [6, 6.07) is 15.6. The van der Waals surface area contributed by atoms with E-state index in [1.165, 1.54) is 0 Å². The molecule has 0 amide bonds. The van der Waals surface area contributed by atoms with E-state index in [1.807, 2.05) is 60.7 Å². The summed E-state index contributed by atoms with van der Waals surface area (Å²) in [7, 11) is 1.64. The summed E-state index contributed by atoms with van der Waals surface area (Å²) in [5, 5.41) is 1.55. The fraction of sp³-hybridized carbons (Fsp3) is 0.0556. The number of hydrogen-bond acceptors (Lipinski definition) is 2. The highest BCUT2D eigenvalue weighted by atomic mass is 79.9. The van der Waals surface area contributed by atoms with Crippen LogP contribution in [0.4, 0.5) is 0 Å². The Morgan fingerprint density at radius 2 is 1.95 bits per heavy atom. The average molecular weight is 375 g/mol. The second kappa shape index (κ2) is 6.51. The SMILES string of the molecule is COc1ccc2nc(C=Cc3cccc(Br)c3)cc(Cl)c2c1. The molecule has 3 rings (SSSR count). The van der Waals surface area contributed by atoms with Crippen molar-refractivity contribution in [2.45, 2.75) is 0 Å². The van der Waals surface area contributed by atoms with Crippen molar-refractivity contribution in [3.63, 3.8) is 0 Å². The van der Waals surface area contributed by atoms with Crippen molar-refractivity contribution in [1.82, 2.24) is 4.98 Å². The first kappa shape index (κ1) is 15.1.